The summed E-state index contributed by atoms with van der Waals surface area (Å²) in [6, 6.07) is 3.63. The molecule has 28 heavy (non-hydrogen) atoms. The van der Waals surface area contributed by atoms with Gasteiger partial charge in [0.2, 0.25) is 0 Å². The third-order valence-electron chi connectivity index (χ3n) is 10.7. The van der Waals surface area contributed by atoms with Crippen LogP contribution >= 0.6 is 0 Å². The van der Waals surface area contributed by atoms with Gasteiger partial charge in [-0.15, -0.1) is 0 Å². The van der Waals surface area contributed by atoms with Crippen molar-refractivity contribution in [1.82, 2.24) is 9.80 Å². The number of fused-ring (bicyclic) bond motifs is 2. The van der Waals surface area contributed by atoms with Gasteiger partial charge in [0.25, 0.3) is 0 Å². The number of nitrogens with zero attached hydrogens (tertiary/aromatic N) is 2. The molecule has 0 aromatic carbocycles. The second-order valence-electron chi connectivity index (χ2n) is 12.2. The topological polar surface area (TPSA) is 6.48 Å². The molecule has 0 N–H and O–H groups in total. The van der Waals surface area contributed by atoms with Crippen LogP contribution in [0.25, 0.3) is 0 Å². The van der Waals surface area contributed by atoms with Gasteiger partial charge in [0.1, 0.15) is 0 Å². The van der Waals surface area contributed by atoms with Gasteiger partial charge in [-0.05, 0) is 100 Å². The molecule has 0 aromatic heterocycles. The van der Waals surface area contributed by atoms with Gasteiger partial charge in [0, 0.05) is 41.3 Å². The SMILES string of the molecule is CC1CC2CCCC3CC4CC(C1)(C1CCC5CCCC6CC(C)C4=C1N56)N23. The maximum Gasteiger partial charge on any atom is 0.0306 e. The van der Waals surface area contributed by atoms with Crippen molar-refractivity contribution in [1.29, 1.82) is 0 Å². The number of rotatable bonds is 0. The summed E-state index contributed by atoms with van der Waals surface area (Å²) >= 11 is 0. The summed E-state index contributed by atoms with van der Waals surface area (Å²) in [5.74, 6) is 3.61. The minimum Gasteiger partial charge on any atom is -0.369 e. The van der Waals surface area contributed by atoms with Gasteiger partial charge in [-0.25, -0.2) is 0 Å². The van der Waals surface area contributed by atoms with Crippen LogP contribution in [-0.2, 0) is 0 Å². The van der Waals surface area contributed by atoms with Gasteiger partial charge in [-0.3, -0.25) is 4.90 Å². The van der Waals surface area contributed by atoms with Crippen LogP contribution in [-0.4, -0.2) is 39.5 Å². The Morgan fingerprint density at radius 3 is 2.36 bits per heavy atom. The summed E-state index contributed by atoms with van der Waals surface area (Å²) in [7, 11) is 0. The molecule has 154 valence electrons. The molecule has 5 fully saturated rings. The fraction of sp³-hybridized carbons (Fsp3) is 0.923. The first-order valence-electron chi connectivity index (χ1n) is 13.0. The lowest BCUT2D eigenvalue weighted by atomic mass is 9.51. The van der Waals surface area contributed by atoms with Crippen molar-refractivity contribution >= 4 is 0 Å². The van der Waals surface area contributed by atoms with Crippen LogP contribution in [0.1, 0.15) is 97.3 Å². The molecule has 9 atom stereocenters. The summed E-state index contributed by atoms with van der Waals surface area (Å²) in [4.78, 5) is 6.32. The van der Waals surface area contributed by atoms with Crippen molar-refractivity contribution in [2.75, 3.05) is 0 Å². The van der Waals surface area contributed by atoms with Crippen molar-refractivity contribution in [3.05, 3.63) is 11.3 Å². The van der Waals surface area contributed by atoms with E-state index in [0.717, 1.165) is 47.8 Å². The molecule has 5 saturated heterocycles. The van der Waals surface area contributed by atoms with Gasteiger partial charge in [0.05, 0.1) is 0 Å². The minimum atomic E-state index is 0.541. The van der Waals surface area contributed by atoms with Crippen LogP contribution in [0.15, 0.2) is 11.3 Å². The molecular formula is C26H40N2. The first-order valence-corrected chi connectivity index (χ1v) is 13.0. The zero-order chi connectivity index (χ0) is 18.6. The quantitative estimate of drug-likeness (QED) is 0.529. The predicted molar refractivity (Wildman–Crippen MR) is 114 cm³/mol. The molecule has 7 aliphatic rings. The fourth-order valence-corrected chi connectivity index (χ4v) is 10.4. The van der Waals surface area contributed by atoms with Crippen LogP contribution in [0.5, 0.6) is 0 Å². The molecule has 1 spiro atoms. The van der Waals surface area contributed by atoms with Crippen LogP contribution in [0.2, 0.25) is 0 Å². The first-order chi connectivity index (χ1) is 13.7. The second-order valence-corrected chi connectivity index (χ2v) is 12.2. The summed E-state index contributed by atoms with van der Waals surface area (Å²) in [5.41, 5.74) is 4.51. The lowest BCUT2D eigenvalue weighted by molar-refractivity contribution is -0.162. The maximum absolute atomic E-state index is 3.22. The van der Waals surface area contributed by atoms with E-state index in [-0.39, 0.29) is 0 Å². The van der Waals surface area contributed by atoms with Crippen LogP contribution in [0.3, 0.4) is 0 Å². The zero-order valence-corrected chi connectivity index (χ0v) is 18.2. The molecule has 2 bridgehead atoms. The first kappa shape index (κ1) is 17.2. The summed E-state index contributed by atoms with van der Waals surface area (Å²) in [6.07, 6.45) is 19.5. The van der Waals surface area contributed by atoms with Crippen molar-refractivity contribution < 1.29 is 0 Å². The Morgan fingerprint density at radius 2 is 1.50 bits per heavy atom. The molecule has 0 aromatic rings. The maximum atomic E-state index is 3.22. The van der Waals surface area contributed by atoms with E-state index in [1.54, 1.807) is 0 Å². The van der Waals surface area contributed by atoms with E-state index in [2.05, 4.69) is 23.6 Å². The summed E-state index contributed by atoms with van der Waals surface area (Å²) in [5, 5.41) is 0. The Balaban J connectivity index is 1.42. The zero-order valence-electron chi connectivity index (χ0n) is 18.2. The minimum absolute atomic E-state index is 0.541. The Morgan fingerprint density at radius 1 is 0.750 bits per heavy atom. The summed E-state index contributed by atoms with van der Waals surface area (Å²) in [6.45, 7) is 5.22. The largest absolute Gasteiger partial charge is 0.369 e. The highest BCUT2D eigenvalue weighted by Crippen LogP contribution is 2.64. The molecular weight excluding hydrogens is 340 g/mol. The molecule has 7 rings (SSSR count). The van der Waals surface area contributed by atoms with E-state index in [4.69, 9.17) is 0 Å². The van der Waals surface area contributed by atoms with E-state index in [1.807, 2.05) is 11.3 Å². The van der Waals surface area contributed by atoms with E-state index in [9.17, 15) is 0 Å². The van der Waals surface area contributed by atoms with Crippen LogP contribution < -0.4 is 0 Å². The van der Waals surface area contributed by atoms with Gasteiger partial charge >= 0.3 is 0 Å². The molecule has 0 amide bonds. The molecule has 2 heteroatoms. The van der Waals surface area contributed by atoms with Crippen LogP contribution in [0, 0.1) is 23.7 Å². The van der Waals surface area contributed by atoms with Gasteiger partial charge < -0.3 is 4.90 Å². The average molecular weight is 381 g/mol. The van der Waals surface area contributed by atoms with E-state index >= 15 is 0 Å². The van der Waals surface area contributed by atoms with E-state index < -0.39 is 0 Å². The highest BCUT2D eigenvalue weighted by Gasteiger charge is 2.63. The molecule has 9 unspecified atom stereocenters. The molecule has 0 saturated carbocycles. The molecule has 1 aliphatic carbocycles. The van der Waals surface area contributed by atoms with Gasteiger partial charge in [-0.2, -0.15) is 0 Å². The Bertz CT molecular complexity index is 711. The fourth-order valence-electron chi connectivity index (χ4n) is 10.4. The van der Waals surface area contributed by atoms with Crippen molar-refractivity contribution in [3.63, 3.8) is 0 Å². The normalized spacial score (nSPS) is 54.9. The highest BCUT2D eigenvalue weighted by atomic mass is 15.3. The Labute approximate surface area is 172 Å². The smallest absolute Gasteiger partial charge is 0.0306 e. The van der Waals surface area contributed by atoms with Crippen LogP contribution in [0.4, 0.5) is 0 Å². The summed E-state index contributed by atoms with van der Waals surface area (Å²) < 4.78 is 0. The van der Waals surface area contributed by atoms with Gasteiger partial charge in [-0.1, -0.05) is 20.3 Å². The number of hydrogen-bond acceptors (Lipinski definition) is 2. The van der Waals surface area contributed by atoms with Crippen molar-refractivity contribution in [2.24, 2.45) is 23.7 Å². The average Bonchev–Trinajstić information content (AvgIpc) is 2.67. The lowest BCUT2D eigenvalue weighted by Gasteiger charge is -2.71. The van der Waals surface area contributed by atoms with Crippen molar-refractivity contribution in [2.45, 2.75) is 127 Å². The molecule has 0 radical (unpaired) electrons. The van der Waals surface area contributed by atoms with Gasteiger partial charge in [0.15, 0.2) is 0 Å². The second kappa shape index (κ2) is 5.80. The molecule has 6 aliphatic heterocycles. The number of hydrogen-bond donors (Lipinski definition) is 0. The van der Waals surface area contributed by atoms with Crippen molar-refractivity contribution in [3.8, 4) is 0 Å². The molecule has 2 nitrogen and oxygen atoms in total. The third-order valence-corrected chi connectivity index (χ3v) is 10.7. The Kier molecular flexibility index (Phi) is 3.57. The highest BCUT2D eigenvalue weighted by molar-refractivity contribution is 5.37. The predicted octanol–water partition coefficient (Wildman–Crippen LogP) is 5.73. The molecule has 6 heterocycles. The Hall–Kier alpha value is -0.500. The van der Waals surface area contributed by atoms with E-state index in [0.29, 0.717) is 5.54 Å². The number of piperidine rings is 5. The lowest BCUT2D eigenvalue weighted by Crippen LogP contribution is -2.73. The third kappa shape index (κ3) is 2.05. The monoisotopic (exact) mass is 380 g/mol. The number of allylic oxidation sites excluding steroid dienone is 1. The standard InChI is InChI=1S/C26H40N2/c1-16-11-21-7-4-8-22-13-18-15-26(14-16,28(21)22)23-10-9-19-5-3-6-20-12-17(2)24(18)25(23)27(19)20/h16-23H,3-15H2,1-2H3. The van der Waals surface area contributed by atoms with E-state index in [1.165, 1.54) is 83.5 Å².